The number of rotatable bonds is 4. The van der Waals surface area contributed by atoms with Gasteiger partial charge < -0.3 is 16.2 Å². The fourth-order valence-electron chi connectivity index (χ4n) is 2.13. The van der Waals surface area contributed by atoms with Crippen molar-refractivity contribution in [2.75, 3.05) is 6.54 Å². The SMILES string of the molecule is CC[C@@H](N)C(=O)NCC1(O)CCCCCC1. The average Bonchev–Trinajstić information content (AvgIpc) is 2.50. The van der Waals surface area contributed by atoms with Crippen LogP contribution in [0.25, 0.3) is 0 Å². The smallest absolute Gasteiger partial charge is 0.237 e. The van der Waals surface area contributed by atoms with Crippen LogP contribution in [0.3, 0.4) is 0 Å². The Kier molecular flexibility index (Phi) is 5.22. The summed E-state index contributed by atoms with van der Waals surface area (Å²) in [6.45, 7) is 2.23. The number of nitrogens with one attached hydrogen (secondary N) is 1. The van der Waals surface area contributed by atoms with Crippen LogP contribution in [0.15, 0.2) is 0 Å². The molecule has 1 rings (SSSR count). The Hall–Kier alpha value is -0.610. The Bertz CT molecular complexity index is 223. The molecule has 0 aliphatic heterocycles. The highest BCUT2D eigenvalue weighted by molar-refractivity contribution is 5.81. The van der Waals surface area contributed by atoms with Gasteiger partial charge >= 0.3 is 0 Å². The molecule has 1 aliphatic carbocycles. The van der Waals surface area contributed by atoms with Crippen LogP contribution in [0.2, 0.25) is 0 Å². The van der Waals surface area contributed by atoms with E-state index < -0.39 is 11.6 Å². The quantitative estimate of drug-likeness (QED) is 0.626. The van der Waals surface area contributed by atoms with Gasteiger partial charge in [-0.1, -0.05) is 32.6 Å². The van der Waals surface area contributed by atoms with Gasteiger partial charge in [-0.2, -0.15) is 0 Å². The second kappa shape index (κ2) is 6.21. The van der Waals surface area contributed by atoms with Gasteiger partial charge in [-0.15, -0.1) is 0 Å². The standard InChI is InChI=1S/C12H24N2O2/c1-2-10(13)11(15)14-9-12(16)7-5-3-4-6-8-12/h10,16H,2-9,13H2,1H3,(H,14,15)/t10-/m1/s1. The summed E-state index contributed by atoms with van der Waals surface area (Å²) in [7, 11) is 0. The molecule has 0 saturated heterocycles. The van der Waals surface area contributed by atoms with Crippen LogP contribution in [0, 0.1) is 0 Å². The molecule has 4 nitrogen and oxygen atoms in total. The van der Waals surface area contributed by atoms with Crippen LogP contribution in [-0.4, -0.2) is 29.2 Å². The first-order valence-electron chi connectivity index (χ1n) is 6.33. The molecule has 0 bridgehead atoms. The Morgan fingerprint density at radius 2 is 1.94 bits per heavy atom. The lowest BCUT2D eigenvalue weighted by atomic mass is 9.94. The molecule has 1 saturated carbocycles. The summed E-state index contributed by atoms with van der Waals surface area (Å²) < 4.78 is 0. The minimum Gasteiger partial charge on any atom is -0.388 e. The van der Waals surface area contributed by atoms with Crippen LogP contribution in [-0.2, 0) is 4.79 Å². The zero-order chi connectivity index (χ0) is 12.0. The molecule has 16 heavy (non-hydrogen) atoms. The van der Waals surface area contributed by atoms with Gasteiger partial charge in [-0.25, -0.2) is 0 Å². The van der Waals surface area contributed by atoms with Crippen molar-refractivity contribution >= 4 is 5.91 Å². The van der Waals surface area contributed by atoms with Crippen molar-refractivity contribution in [1.29, 1.82) is 0 Å². The van der Waals surface area contributed by atoms with E-state index in [1.165, 1.54) is 12.8 Å². The zero-order valence-corrected chi connectivity index (χ0v) is 10.2. The van der Waals surface area contributed by atoms with Crippen LogP contribution in [0.5, 0.6) is 0 Å². The third-order valence-electron chi connectivity index (χ3n) is 3.40. The van der Waals surface area contributed by atoms with Gasteiger partial charge in [0.05, 0.1) is 11.6 Å². The second-order valence-electron chi connectivity index (χ2n) is 4.87. The molecule has 0 spiro atoms. The van der Waals surface area contributed by atoms with E-state index in [1.54, 1.807) is 0 Å². The fourth-order valence-corrected chi connectivity index (χ4v) is 2.13. The molecule has 0 heterocycles. The van der Waals surface area contributed by atoms with E-state index in [0.717, 1.165) is 25.7 Å². The third kappa shape index (κ3) is 4.10. The average molecular weight is 228 g/mol. The van der Waals surface area contributed by atoms with E-state index in [0.29, 0.717) is 13.0 Å². The lowest BCUT2D eigenvalue weighted by Crippen LogP contribution is -2.47. The van der Waals surface area contributed by atoms with Gasteiger partial charge in [0.2, 0.25) is 5.91 Å². The van der Waals surface area contributed by atoms with Crippen molar-refractivity contribution < 1.29 is 9.90 Å². The first-order valence-corrected chi connectivity index (χ1v) is 6.33. The summed E-state index contributed by atoms with van der Waals surface area (Å²) in [5.41, 5.74) is 4.90. The molecule has 0 radical (unpaired) electrons. The van der Waals surface area contributed by atoms with Crippen molar-refractivity contribution in [1.82, 2.24) is 5.32 Å². The summed E-state index contributed by atoms with van der Waals surface area (Å²) in [4.78, 5) is 11.5. The molecule has 94 valence electrons. The number of amides is 1. The summed E-state index contributed by atoms with van der Waals surface area (Å²) >= 11 is 0. The normalized spacial score (nSPS) is 22.2. The summed E-state index contributed by atoms with van der Waals surface area (Å²) in [5.74, 6) is -0.153. The highest BCUT2D eigenvalue weighted by atomic mass is 16.3. The molecule has 0 aromatic rings. The monoisotopic (exact) mass is 228 g/mol. The second-order valence-corrected chi connectivity index (χ2v) is 4.87. The van der Waals surface area contributed by atoms with Crippen molar-refractivity contribution in [3.8, 4) is 0 Å². The van der Waals surface area contributed by atoms with Crippen molar-refractivity contribution in [2.45, 2.75) is 63.5 Å². The first kappa shape index (κ1) is 13.5. The number of carbonyl (C=O) groups is 1. The number of carbonyl (C=O) groups excluding carboxylic acids is 1. The molecular formula is C12H24N2O2. The molecule has 0 aromatic heterocycles. The van der Waals surface area contributed by atoms with Gasteiger partial charge in [0.25, 0.3) is 0 Å². The maximum Gasteiger partial charge on any atom is 0.237 e. The lowest BCUT2D eigenvalue weighted by Gasteiger charge is -2.27. The van der Waals surface area contributed by atoms with Gasteiger partial charge in [0, 0.05) is 6.54 Å². The number of hydrogen-bond acceptors (Lipinski definition) is 3. The molecule has 1 atom stereocenters. The van der Waals surface area contributed by atoms with Crippen LogP contribution in [0.1, 0.15) is 51.9 Å². The van der Waals surface area contributed by atoms with Crippen molar-refractivity contribution in [2.24, 2.45) is 5.73 Å². The Balaban J connectivity index is 2.37. The number of nitrogens with two attached hydrogens (primary N) is 1. The van der Waals surface area contributed by atoms with Gasteiger partial charge in [-0.05, 0) is 19.3 Å². The van der Waals surface area contributed by atoms with Crippen LogP contribution >= 0.6 is 0 Å². The molecular weight excluding hydrogens is 204 g/mol. The largest absolute Gasteiger partial charge is 0.388 e. The van der Waals surface area contributed by atoms with Crippen LogP contribution in [0.4, 0.5) is 0 Å². The van der Waals surface area contributed by atoms with Crippen molar-refractivity contribution in [3.05, 3.63) is 0 Å². The maximum absolute atomic E-state index is 11.5. The molecule has 1 aliphatic rings. The third-order valence-corrected chi connectivity index (χ3v) is 3.40. The van der Waals surface area contributed by atoms with Crippen LogP contribution < -0.4 is 11.1 Å². The Morgan fingerprint density at radius 1 is 1.38 bits per heavy atom. The summed E-state index contributed by atoms with van der Waals surface area (Å²) in [6.07, 6.45) is 6.67. The van der Waals surface area contributed by atoms with E-state index in [1.807, 2.05) is 6.92 Å². The highest BCUT2D eigenvalue weighted by Gasteiger charge is 2.28. The van der Waals surface area contributed by atoms with E-state index in [4.69, 9.17) is 5.73 Å². The first-order chi connectivity index (χ1) is 7.57. The van der Waals surface area contributed by atoms with Crippen molar-refractivity contribution in [3.63, 3.8) is 0 Å². The zero-order valence-electron chi connectivity index (χ0n) is 10.2. The topological polar surface area (TPSA) is 75.4 Å². The minimum absolute atomic E-state index is 0.153. The number of hydrogen-bond donors (Lipinski definition) is 3. The maximum atomic E-state index is 11.5. The fraction of sp³-hybridized carbons (Fsp3) is 0.917. The van der Waals surface area contributed by atoms with Gasteiger partial charge in [0.15, 0.2) is 0 Å². The molecule has 1 fully saturated rings. The minimum atomic E-state index is -0.709. The van der Waals surface area contributed by atoms with E-state index in [-0.39, 0.29) is 5.91 Å². The van der Waals surface area contributed by atoms with Gasteiger partial charge in [0.1, 0.15) is 0 Å². The predicted molar refractivity (Wildman–Crippen MR) is 63.9 cm³/mol. The predicted octanol–water partition coefficient (Wildman–Crippen LogP) is 0.925. The molecule has 1 amide bonds. The van der Waals surface area contributed by atoms with E-state index in [9.17, 15) is 9.90 Å². The Morgan fingerprint density at radius 3 is 2.44 bits per heavy atom. The summed E-state index contributed by atoms with van der Waals surface area (Å²) in [5, 5.41) is 13.1. The number of aliphatic hydroxyl groups is 1. The molecule has 0 unspecified atom stereocenters. The molecule has 0 aromatic carbocycles. The van der Waals surface area contributed by atoms with E-state index in [2.05, 4.69) is 5.32 Å². The van der Waals surface area contributed by atoms with E-state index >= 15 is 0 Å². The summed E-state index contributed by atoms with van der Waals surface area (Å²) in [6, 6.07) is -0.450. The molecule has 4 heteroatoms. The lowest BCUT2D eigenvalue weighted by molar-refractivity contribution is -0.123. The Labute approximate surface area is 97.6 Å². The molecule has 4 N–H and O–H groups in total. The van der Waals surface area contributed by atoms with Gasteiger partial charge in [-0.3, -0.25) is 4.79 Å². The highest BCUT2D eigenvalue weighted by Crippen LogP contribution is 2.26.